The maximum absolute atomic E-state index is 12.2. The third-order valence-corrected chi connectivity index (χ3v) is 5.15. The van der Waals surface area contributed by atoms with Crippen LogP contribution in [-0.4, -0.2) is 24.4 Å². The number of halogens is 2. The normalized spacial score (nSPS) is 12.2. The smallest absolute Gasteiger partial charge is 0.236 e. The molecule has 118 valence electrons. The molecule has 6 heteroatoms. The Labute approximate surface area is 144 Å². The molecular weight excluding hydrogens is 339 g/mol. The number of hydrogen-bond acceptors (Lipinski definition) is 3. The van der Waals surface area contributed by atoms with Gasteiger partial charge in [-0.1, -0.05) is 35.3 Å². The molecule has 3 nitrogen and oxygen atoms in total. The summed E-state index contributed by atoms with van der Waals surface area (Å²) in [6.07, 6.45) is 0. The molecule has 1 N–H and O–H groups in total. The maximum atomic E-state index is 12.2. The van der Waals surface area contributed by atoms with E-state index in [9.17, 15) is 4.79 Å². The van der Waals surface area contributed by atoms with Crippen LogP contribution in [-0.2, 0) is 11.3 Å². The number of benzene rings is 1. The Bertz CT molecular complexity index is 631. The zero-order valence-electron chi connectivity index (χ0n) is 12.5. The summed E-state index contributed by atoms with van der Waals surface area (Å²) in [6.45, 7) is 2.86. The maximum Gasteiger partial charge on any atom is 0.236 e. The fourth-order valence-corrected chi connectivity index (χ4v) is 3.09. The summed E-state index contributed by atoms with van der Waals surface area (Å²) >= 11 is 13.6. The average Bonchev–Trinajstić information content (AvgIpc) is 3.02. The lowest BCUT2D eigenvalue weighted by Gasteiger charge is -2.19. The second-order valence-electron chi connectivity index (χ2n) is 5.12. The molecule has 0 spiro atoms. The van der Waals surface area contributed by atoms with E-state index in [1.165, 1.54) is 4.88 Å². The van der Waals surface area contributed by atoms with E-state index >= 15 is 0 Å². The molecule has 1 unspecified atom stereocenters. The van der Waals surface area contributed by atoms with E-state index in [4.69, 9.17) is 23.2 Å². The van der Waals surface area contributed by atoms with Gasteiger partial charge in [-0.25, -0.2) is 0 Å². The molecule has 0 fully saturated rings. The van der Waals surface area contributed by atoms with Gasteiger partial charge in [0.2, 0.25) is 5.91 Å². The summed E-state index contributed by atoms with van der Waals surface area (Å²) in [5, 5.41) is 6.30. The van der Waals surface area contributed by atoms with E-state index in [-0.39, 0.29) is 11.9 Å². The number of nitrogens with zero attached hydrogens (tertiary/aromatic N) is 1. The molecule has 0 bridgehead atoms. The van der Waals surface area contributed by atoms with Crippen molar-refractivity contribution < 1.29 is 4.79 Å². The number of hydrogen-bond donors (Lipinski definition) is 1. The molecule has 1 heterocycles. The van der Waals surface area contributed by atoms with Gasteiger partial charge in [-0.15, -0.1) is 11.3 Å². The van der Waals surface area contributed by atoms with Crippen LogP contribution in [0.4, 0.5) is 0 Å². The van der Waals surface area contributed by atoms with Crippen LogP contribution in [0.2, 0.25) is 10.0 Å². The van der Waals surface area contributed by atoms with Crippen molar-refractivity contribution in [3.8, 4) is 0 Å². The van der Waals surface area contributed by atoms with Crippen molar-refractivity contribution in [1.82, 2.24) is 10.2 Å². The number of carbonyl (C=O) groups is 1. The van der Waals surface area contributed by atoms with E-state index in [0.29, 0.717) is 23.1 Å². The highest BCUT2D eigenvalue weighted by Gasteiger charge is 2.12. The lowest BCUT2D eigenvalue weighted by Crippen LogP contribution is -2.36. The first-order chi connectivity index (χ1) is 10.5. The van der Waals surface area contributed by atoms with Gasteiger partial charge in [0.1, 0.15) is 0 Å². The van der Waals surface area contributed by atoms with Crippen LogP contribution < -0.4 is 5.32 Å². The van der Waals surface area contributed by atoms with E-state index in [2.05, 4.69) is 18.3 Å². The van der Waals surface area contributed by atoms with Crippen molar-refractivity contribution in [3.63, 3.8) is 0 Å². The van der Waals surface area contributed by atoms with Gasteiger partial charge in [-0.3, -0.25) is 4.79 Å². The Hall–Kier alpha value is -1.07. The summed E-state index contributed by atoms with van der Waals surface area (Å²) in [6, 6.07) is 9.65. The van der Waals surface area contributed by atoms with Gasteiger partial charge < -0.3 is 10.2 Å². The number of rotatable bonds is 6. The predicted octanol–water partition coefficient (Wildman–Crippen LogP) is 4.36. The quantitative estimate of drug-likeness (QED) is 0.833. The number of amides is 1. The fourth-order valence-electron chi connectivity index (χ4n) is 2.01. The monoisotopic (exact) mass is 356 g/mol. The molecule has 1 atom stereocenters. The average molecular weight is 357 g/mol. The second kappa shape index (κ2) is 7.97. The Kier molecular flexibility index (Phi) is 6.26. The van der Waals surface area contributed by atoms with Gasteiger partial charge in [-0.2, -0.15) is 0 Å². The molecule has 0 aliphatic carbocycles. The molecule has 0 aliphatic rings. The van der Waals surface area contributed by atoms with E-state index in [1.807, 2.05) is 17.5 Å². The van der Waals surface area contributed by atoms with Crippen LogP contribution in [0.1, 0.15) is 23.4 Å². The minimum atomic E-state index is 0.0366. The SMILES string of the molecule is CC(NCC(=O)N(C)Cc1ccc(Cl)c(Cl)c1)c1cccs1. The number of carbonyl (C=O) groups excluding carboxylic acids is 1. The minimum Gasteiger partial charge on any atom is -0.340 e. The van der Waals surface area contributed by atoms with Gasteiger partial charge in [-0.05, 0) is 36.1 Å². The van der Waals surface area contributed by atoms with Crippen molar-refractivity contribution in [2.45, 2.75) is 19.5 Å². The topological polar surface area (TPSA) is 32.3 Å². The summed E-state index contributed by atoms with van der Waals surface area (Å²) in [5.41, 5.74) is 0.955. The molecule has 1 aromatic carbocycles. The van der Waals surface area contributed by atoms with Gasteiger partial charge in [0.25, 0.3) is 0 Å². The zero-order chi connectivity index (χ0) is 16.1. The molecule has 1 amide bonds. The van der Waals surface area contributed by atoms with Crippen LogP contribution in [0.3, 0.4) is 0 Å². The van der Waals surface area contributed by atoms with Crippen molar-refractivity contribution in [3.05, 3.63) is 56.2 Å². The molecule has 22 heavy (non-hydrogen) atoms. The third kappa shape index (κ3) is 4.71. The number of likely N-dealkylation sites (N-methyl/N-ethyl adjacent to an activating group) is 1. The third-order valence-electron chi connectivity index (χ3n) is 3.36. The summed E-state index contributed by atoms with van der Waals surface area (Å²) in [5.74, 6) is 0.0366. The lowest BCUT2D eigenvalue weighted by molar-refractivity contribution is -0.129. The van der Waals surface area contributed by atoms with Crippen LogP contribution in [0.25, 0.3) is 0 Å². The highest BCUT2D eigenvalue weighted by molar-refractivity contribution is 7.10. The molecule has 2 rings (SSSR count). The lowest BCUT2D eigenvalue weighted by atomic mass is 10.2. The van der Waals surface area contributed by atoms with Crippen LogP contribution in [0, 0.1) is 0 Å². The van der Waals surface area contributed by atoms with Crippen molar-refractivity contribution >= 4 is 40.4 Å². The van der Waals surface area contributed by atoms with Crippen LogP contribution in [0.5, 0.6) is 0 Å². The predicted molar refractivity (Wildman–Crippen MR) is 93.7 cm³/mol. The summed E-state index contributed by atoms with van der Waals surface area (Å²) < 4.78 is 0. The highest BCUT2D eigenvalue weighted by Crippen LogP contribution is 2.23. The Balaban J connectivity index is 1.85. The Morgan fingerprint density at radius 2 is 2.09 bits per heavy atom. The summed E-state index contributed by atoms with van der Waals surface area (Å²) in [7, 11) is 1.78. The molecule has 0 saturated carbocycles. The first kappa shape index (κ1) is 17.3. The molecule has 2 aromatic rings. The van der Waals surface area contributed by atoms with Crippen molar-refractivity contribution in [1.29, 1.82) is 0 Å². The van der Waals surface area contributed by atoms with Crippen molar-refractivity contribution in [2.24, 2.45) is 0 Å². The van der Waals surface area contributed by atoms with Crippen molar-refractivity contribution in [2.75, 3.05) is 13.6 Å². The first-order valence-electron chi connectivity index (χ1n) is 6.92. The molecule has 0 radical (unpaired) electrons. The Morgan fingerprint density at radius 1 is 1.32 bits per heavy atom. The highest BCUT2D eigenvalue weighted by atomic mass is 35.5. The first-order valence-corrected chi connectivity index (χ1v) is 8.55. The number of nitrogens with one attached hydrogen (secondary N) is 1. The van der Waals surface area contributed by atoms with E-state index in [1.54, 1.807) is 35.4 Å². The van der Waals surface area contributed by atoms with Gasteiger partial charge in [0, 0.05) is 24.5 Å². The standard InChI is InChI=1S/C16H18Cl2N2OS/c1-11(15-4-3-7-22-15)19-9-16(21)20(2)10-12-5-6-13(17)14(18)8-12/h3-8,11,19H,9-10H2,1-2H3. The van der Waals surface area contributed by atoms with Gasteiger partial charge in [0.05, 0.1) is 16.6 Å². The van der Waals surface area contributed by atoms with E-state index < -0.39 is 0 Å². The van der Waals surface area contributed by atoms with Crippen LogP contribution in [0.15, 0.2) is 35.7 Å². The molecule has 0 saturated heterocycles. The van der Waals surface area contributed by atoms with Gasteiger partial charge >= 0.3 is 0 Å². The largest absolute Gasteiger partial charge is 0.340 e. The zero-order valence-corrected chi connectivity index (χ0v) is 14.8. The molecule has 1 aromatic heterocycles. The number of thiophene rings is 1. The van der Waals surface area contributed by atoms with Gasteiger partial charge in [0.15, 0.2) is 0 Å². The Morgan fingerprint density at radius 3 is 2.73 bits per heavy atom. The second-order valence-corrected chi connectivity index (χ2v) is 6.91. The molecular formula is C16H18Cl2N2OS. The minimum absolute atomic E-state index is 0.0366. The van der Waals surface area contributed by atoms with Crippen LogP contribution >= 0.6 is 34.5 Å². The summed E-state index contributed by atoms with van der Waals surface area (Å²) in [4.78, 5) is 15.1. The fraction of sp³-hybridized carbons (Fsp3) is 0.312. The molecule has 0 aliphatic heterocycles. The van der Waals surface area contributed by atoms with E-state index in [0.717, 1.165) is 5.56 Å².